The molecule has 1 atom stereocenters. The summed E-state index contributed by atoms with van der Waals surface area (Å²) >= 11 is 6.14. The average molecular weight is 391 g/mol. The Morgan fingerprint density at radius 1 is 1.22 bits per heavy atom. The van der Waals surface area contributed by atoms with Gasteiger partial charge >= 0.3 is 6.03 Å². The van der Waals surface area contributed by atoms with Gasteiger partial charge < -0.3 is 9.84 Å². The van der Waals surface area contributed by atoms with Crippen molar-refractivity contribution in [3.63, 3.8) is 0 Å². The lowest BCUT2D eigenvalue weighted by molar-refractivity contribution is -0.131. The van der Waals surface area contributed by atoms with Crippen molar-refractivity contribution in [2.24, 2.45) is 0 Å². The molecular weight excluding hydrogens is 368 g/mol. The largest absolute Gasteiger partial charge is 0.334 e. The summed E-state index contributed by atoms with van der Waals surface area (Å²) in [6, 6.07) is 6.68. The van der Waals surface area contributed by atoms with Gasteiger partial charge in [0.05, 0.1) is 17.1 Å². The quantitative estimate of drug-likeness (QED) is 0.539. The van der Waals surface area contributed by atoms with Gasteiger partial charge in [0.25, 0.3) is 11.8 Å². The number of nitrogens with one attached hydrogen (secondary N) is 1. The molecule has 2 heterocycles. The van der Waals surface area contributed by atoms with Gasteiger partial charge in [0.1, 0.15) is 5.54 Å². The number of hydrogen-bond donors (Lipinski definition) is 1. The lowest BCUT2D eigenvalue weighted by Gasteiger charge is -2.21. The van der Waals surface area contributed by atoms with E-state index in [4.69, 9.17) is 16.1 Å². The first-order chi connectivity index (χ1) is 12.9. The number of nitrogens with zero attached hydrogens (tertiary/aromatic N) is 3. The summed E-state index contributed by atoms with van der Waals surface area (Å²) in [4.78, 5) is 30.5. The molecule has 1 aromatic carbocycles. The van der Waals surface area contributed by atoms with Crippen LogP contribution >= 0.6 is 11.6 Å². The molecule has 1 unspecified atom stereocenters. The van der Waals surface area contributed by atoms with Crippen LogP contribution in [0.25, 0.3) is 11.5 Å². The van der Waals surface area contributed by atoms with Crippen LogP contribution in [0, 0.1) is 0 Å². The van der Waals surface area contributed by atoms with E-state index < -0.39 is 11.6 Å². The molecule has 1 aliphatic rings. The Morgan fingerprint density at radius 3 is 2.74 bits per heavy atom. The monoisotopic (exact) mass is 390 g/mol. The fraction of sp³-hybridized carbons (Fsp3) is 0.474. The van der Waals surface area contributed by atoms with Crippen molar-refractivity contribution in [3.05, 3.63) is 35.1 Å². The molecule has 3 amide bonds. The van der Waals surface area contributed by atoms with E-state index in [1.54, 1.807) is 25.1 Å². The second-order valence-electron chi connectivity index (χ2n) is 6.96. The molecule has 0 saturated carbocycles. The van der Waals surface area contributed by atoms with Crippen LogP contribution in [0.4, 0.5) is 4.79 Å². The third kappa shape index (κ3) is 4.13. The first-order valence-electron chi connectivity index (χ1n) is 9.16. The zero-order chi connectivity index (χ0) is 19.4. The number of amides is 3. The molecule has 1 saturated heterocycles. The van der Waals surface area contributed by atoms with Crippen LogP contribution in [0.1, 0.15) is 51.8 Å². The molecule has 2 aromatic rings. The molecule has 1 aliphatic heterocycles. The van der Waals surface area contributed by atoms with Gasteiger partial charge in [-0.15, -0.1) is 0 Å². The Morgan fingerprint density at radius 2 is 2.00 bits per heavy atom. The summed E-state index contributed by atoms with van der Waals surface area (Å²) < 4.78 is 5.24. The van der Waals surface area contributed by atoms with Crippen molar-refractivity contribution in [1.29, 1.82) is 0 Å². The number of urea groups is 1. The number of hydrogen-bond acceptors (Lipinski definition) is 5. The molecule has 8 heteroatoms. The van der Waals surface area contributed by atoms with Crippen LogP contribution in [0.2, 0.25) is 5.02 Å². The van der Waals surface area contributed by atoms with Gasteiger partial charge in [-0.3, -0.25) is 9.69 Å². The predicted octanol–water partition coefficient (Wildman–Crippen LogP) is 4.17. The van der Waals surface area contributed by atoms with Crippen molar-refractivity contribution < 1.29 is 14.1 Å². The van der Waals surface area contributed by atoms with Crippen LogP contribution < -0.4 is 5.32 Å². The standard InChI is InChI=1S/C19H23ClN4O3/c1-3-4-5-8-11-19(2)17(25)24(18(26)22-19)12-15-21-16(27-23-15)13-9-6-7-10-14(13)20/h6-7,9-10H,3-5,8,11-12H2,1-2H3,(H,22,26). The first-order valence-corrected chi connectivity index (χ1v) is 9.54. The maximum absolute atomic E-state index is 12.8. The van der Waals surface area contributed by atoms with Crippen molar-refractivity contribution >= 4 is 23.5 Å². The molecular formula is C19H23ClN4O3. The van der Waals surface area contributed by atoms with Gasteiger partial charge in [0.15, 0.2) is 5.82 Å². The molecule has 27 heavy (non-hydrogen) atoms. The highest BCUT2D eigenvalue weighted by Crippen LogP contribution is 2.28. The fourth-order valence-corrected chi connectivity index (χ4v) is 3.39. The fourth-order valence-electron chi connectivity index (χ4n) is 3.17. The van der Waals surface area contributed by atoms with Gasteiger partial charge in [0.2, 0.25) is 0 Å². The molecule has 1 fully saturated rings. The maximum atomic E-state index is 12.8. The van der Waals surface area contributed by atoms with Crippen LogP contribution in [-0.2, 0) is 11.3 Å². The van der Waals surface area contributed by atoms with Crippen molar-refractivity contribution in [1.82, 2.24) is 20.4 Å². The van der Waals surface area contributed by atoms with Crippen LogP contribution in [0.3, 0.4) is 0 Å². The lowest BCUT2D eigenvalue weighted by atomic mass is 9.94. The zero-order valence-electron chi connectivity index (χ0n) is 15.5. The summed E-state index contributed by atoms with van der Waals surface area (Å²) in [6.07, 6.45) is 4.79. The molecule has 0 spiro atoms. The minimum Gasteiger partial charge on any atom is -0.334 e. The van der Waals surface area contributed by atoms with E-state index >= 15 is 0 Å². The molecule has 0 aliphatic carbocycles. The SMILES string of the molecule is CCCCCCC1(C)NC(=O)N(Cc2noc(-c3ccccc3Cl)n2)C1=O. The highest BCUT2D eigenvalue weighted by molar-refractivity contribution is 6.33. The van der Waals surface area contributed by atoms with E-state index in [0.717, 1.165) is 30.6 Å². The van der Waals surface area contributed by atoms with E-state index in [0.29, 0.717) is 17.0 Å². The summed E-state index contributed by atoms with van der Waals surface area (Å²) in [7, 11) is 0. The zero-order valence-corrected chi connectivity index (χ0v) is 16.3. The number of imide groups is 1. The normalized spacial score (nSPS) is 19.6. The Hall–Kier alpha value is -2.41. The Bertz CT molecular complexity index is 838. The second-order valence-corrected chi connectivity index (χ2v) is 7.37. The number of benzene rings is 1. The smallest absolute Gasteiger partial charge is 0.325 e. The predicted molar refractivity (Wildman–Crippen MR) is 101 cm³/mol. The van der Waals surface area contributed by atoms with E-state index in [-0.39, 0.29) is 24.2 Å². The van der Waals surface area contributed by atoms with Crippen molar-refractivity contribution in [2.75, 3.05) is 0 Å². The Balaban J connectivity index is 1.68. The maximum Gasteiger partial charge on any atom is 0.325 e. The van der Waals surface area contributed by atoms with Gasteiger partial charge in [0, 0.05) is 0 Å². The summed E-state index contributed by atoms with van der Waals surface area (Å²) in [5.74, 6) is 0.252. The van der Waals surface area contributed by atoms with Gasteiger partial charge in [-0.25, -0.2) is 4.79 Å². The van der Waals surface area contributed by atoms with Gasteiger partial charge in [-0.1, -0.05) is 61.5 Å². The average Bonchev–Trinajstić information content (AvgIpc) is 3.18. The third-order valence-corrected chi connectivity index (χ3v) is 5.08. The van der Waals surface area contributed by atoms with E-state index in [9.17, 15) is 9.59 Å². The number of aromatic nitrogens is 2. The van der Waals surface area contributed by atoms with E-state index in [2.05, 4.69) is 22.4 Å². The molecule has 7 nitrogen and oxygen atoms in total. The molecule has 1 N–H and O–H groups in total. The van der Waals surface area contributed by atoms with Crippen molar-refractivity contribution in [2.45, 2.75) is 58.0 Å². The first kappa shape index (κ1) is 19.4. The number of carbonyl (C=O) groups is 2. The molecule has 0 radical (unpaired) electrons. The number of unbranched alkanes of at least 4 members (excludes halogenated alkanes) is 3. The second kappa shape index (κ2) is 8.08. The lowest BCUT2D eigenvalue weighted by Crippen LogP contribution is -2.43. The van der Waals surface area contributed by atoms with Crippen LogP contribution in [0.5, 0.6) is 0 Å². The number of carbonyl (C=O) groups excluding carboxylic acids is 2. The van der Waals surface area contributed by atoms with E-state index in [1.807, 2.05) is 6.07 Å². The number of halogens is 1. The Labute approximate surface area is 163 Å². The highest BCUT2D eigenvalue weighted by atomic mass is 35.5. The van der Waals surface area contributed by atoms with Gasteiger partial charge in [-0.05, 0) is 25.5 Å². The number of rotatable bonds is 8. The molecule has 3 rings (SSSR count). The van der Waals surface area contributed by atoms with Crippen LogP contribution in [0.15, 0.2) is 28.8 Å². The summed E-state index contributed by atoms with van der Waals surface area (Å²) in [5, 5.41) is 7.18. The Kier molecular flexibility index (Phi) is 5.79. The highest BCUT2D eigenvalue weighted by Gasteiger charge is 2.47. The van der Waals surface area contributed by atoms with E-state index in [1.165, 1.54) is 0 Å². The summed E-state index contributed by atoms with van der Waals surface area (Å²) in [6.45, 7) is 3.86. The minimum absolute atomic E-state index is 0.0385. The molecule has 144 valence electrons. The summed E-state index contributed by atoms with van der Waals surface area (Å²) in [5.41, 5.74) is -0.268. The molecule has 0 bridgehead atoms. The van der Waals surface area contributed by atoms with Crippen molar-refractivity contribution in [3.8, 4) is 11.5 Å². The van der Waals surface area contributed by atoms with Gasteiger partial charge in [-0.2, -0.15) is 4.98 Å². The topological polar surface area (TPSA) is 88.3 Å². The minimum atomic E-state index is -0.875. The van der Waals surface area contributed by atoms with Crippen LogP contribution in [-0.4, -0.2) is 32.5 Å². The molecule has 1 aromatic heterocycles. The third-order valence-electron chi connectivity index (χ3n) is 4.75.